The summed E-state index contributed by atoms with van der Waals surface area (Å²) >= 11 is 1.39. The summed E-state index contributed by atoms with van der Waals surface area (Å²) < 4.78 is 3.96. The van der Waals surface area contributed by atoms with E-state index in [-0.39, 0.29) is 11.7 Å². The van der Waals surface area contributed by atoms with Crippen LogP contribution >= 0.6 is 11.8 Å². The summed E-state index contributed by atoms with van der Waals surface area (Å²) in [7, 11) is 0. The van der Waals surface area contributed by atoms with Gasteiger partial charge in [-0.25, -0.2) is 0 Å². The number of hydrogen-bond acceptors (Lipinski definition) is 4. The summed E-state index contributed by atoms with van der Waals surface area (Å²) in [6, 6.07) is 20.0. The molecule has 0 aliphatic rings. The van der Waals surface area contributed by atoms with Crippen molar-refractivity contribution in [1.82, 2.24) is 19.3 Å². The van der Waals surface area contributed by atoms with E-state index in [9.17, 15) is 4.79 Å². The Bertz CT molecular complexity index is 1120. The van der Waals surface area contributed by atoms with E-state index in [0.29, 0.717) is 11.7 Å². The SMILES string of the molecule is Cc1cccc(C)c1NC(=O)CSc1nnc(-n2cccc2)n1Cc1ccccc1. The van der Waals surface area contributed by atoms with Crippen molar-refractivity contribution in [3.05, 3.63) is 89.7 Å². The molecule has 7 heteroatoms. The molecule has 4 rings (SSSR count). The summed E-state index contributed by atoms with van der Waals surface area (Å²) in [5.41, 5.74) is 4.13. The molecule has 1 N–H and O–H groups in total. The standard InChI is InChI=1S/C23H23N5OS/c1-17-9-8-10-18(2)21(17)24-20(29)16-30-23-26-25-22(27-13-6-7-14-27)28(23)15-19-11-4-3-5-12-19/h3-14H,15-16H2,1-2H3,(H,24,29). The highest BCUT2D eigenvalue weighted by atomic mass is 32.2. The second-order valence-corrected chi connectivity index (χ2v) is 7.99. The van der Waals surface area contributed by atoms with Crippen molar-refractivity contribution in [1.29, 1.82) is 0 Å². The number of carbonyl (C=O) groups is 1. The van der Waals surface area contributed by atoms with Crippen LogP contribution < -0.4 is 5.32 Å². The zero-order valence-electron chi connectivity index (χ0n) is 16.9. The Hall–Kier alpha value is -3.32. The van der Waals surface area contributed by atoms with Crippen molar-refractivity contribution in [2.45, 2.75) is 25.5 Å². The van der Waals surface area contributed by atoms with Crippen molar-refractivity contribution in [3.63, 3.8) is 0 Å². The predicted octanol–water partition coefficient (Wildman–Crippen LogP) is 4.46. The van der Waals surface area contributed by atoms with E-state index >= 15 is 0 Å². The number of aromatic nitrogens is 4. The smallest absolute Gasteiger partial charge is 0.236 e. The Morgan fingerprint density at radius 3 is 2.33 bits per heavy atom. The lowest BCUT2D eigenvalue weighted by molar-refractivity contribution is -0.113. The van der Waals surface area contributed by atoms with Gasteiger partial charge in [0.15, 0.2) is 5.16 Å². The molecule has 0 unspecified atom stereocenters. The van der Waals surface area contributed by atoms with Gasteiger partial charge in [-0.1, -0.05) is 60.3 Å². The van der Waals surface area contributed by atoms with Crippen LogP contribution in [0.3, 0.4) is 0 Å². The van der Waals surface area contributed by atoms with Crippen molar-refractivity contribution in [2.24, 2.45) is 0 Å². The van der Waals surface area contributed by atoms with Gasteiger partial charge in [0.05, 0.1) is 12.3 Å². The Morgan fingerprint density at radius 1 is 0.933 bits per heavy atom. The fraction of sp³-hybridized carbons (Fsp3) is 0.174. The van der Waals surface area contributed by atoms with E-state index in [1.165, 1.54) is 11.8 Å². The molecule has 2 aromatic heterocycles. The molecule has 0 aliphatic heterocycles. The van der Waals surface area contributed by atoms with Crippen LogP contribution in [0.1, 0.15) is 16.7 Å². The number of nitrogens with one attached hydrogen (secondary N) is 1. The van der Waals surface area contributed by atoms with E-state index in [1.54, 1.807) is 0 Å². The fourth-order valence-corrected chi connectivity index (χ4v) is 4.00. The third-order valence-electron chi connectivity index (χ3n) is 4.79. The fourth-order valence-electron chi connectivity index (χ4n) is 3.27. The number of benzene rings is 2. The molecular weight excluding hydrogens is 394 g/mol. The Morgan fingerprint density at radius 2 is 1.63 bits per heavy atom. The van der Waals surface area contributed by atoms with Gasteiger partial charge in [0.25, 0.3) is 0 Å². The molecule has 0 fully saturated rings. The molecule has 6 nitrogen and oxygen atoms in total. The third kappa shape index (κ3) is 4.46. The highest BCUT2D eigenvalue weighted by molar-refractivity contribution is 7.99. The largest absolute Gasteiger partial charge is 0.325 e. The molecule has 0 atom stereocenters. The summed E-state index contributed by atoms with van der Waals surface area (Å²) in [6.45, 7) is 4.62. The Balaban J connectivity index is 1.53. The third-order valence-corrected chi connectivity index (χ3v) is 5.76. The maximum atomic E-state index is 12.6. The monoisotopic (exact) mass is 417 g/mol. The van der Waals surface area contributed by atoms with Gasteiger partial charge in [0.1, 0.15) is 0 Å². The number of amides is 1. The average molecular weight is 418 g/mol. The van der Waals surface area contributed by atoms with Crippen LogP contribution in [0.5, 0.6) is 0 Å². The summed E-state index contributed by atoms with van der Waals surface area (Å²) in [5, 5.41) is 12.5. The van der Waals surface area contributed by atoms with Crippen LogP contribution in [0.25, 0.3) is 5.95 Å². The van der Waals surface area contributed by atoms with E-state index in [4.69, 9.17) is 0 Å². The number of rotatable bonds is 7. The van der Waals surface area contributed by atoms with E-state index in [2.05, 4.69) is 27.6 Å². The number of thioether (sulfide) groups is 1. The highest BCUT2D eigenvalue weighted by Crippen LogP contribution is 2.23. The highest BCUT2D eigenvalue weighted by Gasteiger charge is 2.16. The molecule has 30 heavy (non-hydrogen) atoms. The van der Waals surface area contributed by atoms with Gasteiger partial charge in [-0.2, -0.15) is 0 Å². The minimum atomic E-state index is -0.0609. The van der Waals surface area contributed by atoms with Crippen molar-refractivity contribution in [2.75, 3.05) is 11.1 Å². The quantitative estimate of drug-likeness (QED) is 0.451. The Kier molecular flexibility index (Phi) is 5.99. The van der Waals surface area contributed by atoms with Gasteiger partial charge in [0.2, 0.25) is 11.9 Å². The number of aryl methyl sites for hydroxylation is 2. The van der Waals surface area contributed by atoms with E-state index in [0.717, 1.165) is 28.3 Å². The van der Waals surface area contributed by atoms with Crippen LogP contribution in [-0.4, -0.2) is 31.0 Å². The molecule has 1 amide bonds. The predicted molar refractivity (Wildman–Crippen MR) is 120 cm³/mol. The second kappa shape index (κ2) is 9.00. The zero-order valence-corrected chi connectivity index (χ0v) is 17.8. The molecule has 0 spiro atoms. The van der Waals surface area contributed by atoms with Crippen molar-refractivity contribution in [3.8, 4) is 5.95 Å². The first-order chi connectivity index (χ1) is 14.6. The maximum Gasteiger partial charge on any atom is 0.236 e. The zero-order chi connectivity index (χ0) is 20.9. The van der Waals surface area contributed by atoms with Crippen LogP contribution in [-0.2, 0) is 11.3 Å². The number of para-hydroxylation sites is 1. The molecule has 4 aromatic rings. The summed E-state index contributed by atoms with van der Waals surface area (Å²) in [5.74, 6) is 0.919. The van der Waals surface area contributed by atoms with Crippen molar-refractivity contribution < 1.29 is 4.79 Å². The lowest BCUT2D eigenvalue weighted by Crippen LogP contribution is -2.16. The molecule has 152 valence electrons. The molecule has 0 saturated heterocycles. The first kappa shape index (κ1) is 20.0. The molecule has 0 saturated carbocycles. The van der Waals surface area contributed by atoms with Crippen LogP contribution in [0.2, 0.25) is 0 Å². The normalized spacial score (nSPS) is 10.9. The van der Waals surface area contributed by atoms with Crippen LogP contribution in [0.4, 0.5) is 5.69 Å². The molecule has 0 aliphatic carbocycles. The van der Waals surface area contributed by atoms with Crippen LogP contribution in [0.15, 0.2) is 78.2 Å². The number of carbonyl (C=O) groups excluding carboxylic acids is 1. The van der Waals surface area contributed by atoms with Gasteiger partial charge < -0.3 is 5.32 Å². The second-order valence-electron chi connectivity index (χ2n) is 7.05. The average Bonchev–Trinajstić information content (AvgIpc) is 3.40. The molecule has 0 radical (unpaired) electrons. The van der Waals surface area contributed by atoms with Gasteiger partial charge >= 0.3 is 0 Å². The minimum Gasteiger partial charge on any atom is -0.325 e. The van der Waals surface area contributed by atoms with Crippen LogP contribution in [0, 0.1) is 13.8 Å². The summed E-state index contributed by atoms with van der Waals surface area (Å²) in [4.78, 5) is 12.6. The van der Waals surface area contributed by atoms with E-state index < -0.39 is 0 Å². The van der Waals surface area contributed by atoms with Gasteiger partial charge in [-0.15, -0.1) is 10.2 Å². The topological polar surface area (TPSA) is 64.7 Å². The molecule has 2 heterocycles. The van der Waals surface area contributed by atoms with E-state index in [1.807, 2.05) is 83.9 Å². The maximum absolute atomic E-state index is 12.6. The van der Waals surface area contributed by atoms with Gasteiger partial charge in [-0.05, 0) is 42.7 Å². The lowest BCUT2D eigenvalue weighted by Gasteiger charge is -2.12. The summed E-state index contributed by atoms with van der Waals surface area (Å²) in [6.07, 6.45) is 3.88. The molecule has 2 aromatic carbocycles. The molecular formula is C23H23N5OS. The Labute approximate surface area is 180 Å². The first-order valence-corrected chi connectivity index (χ1v) is 10.7. The first-order valence-electron chi connectivity index (χ1n) is 9.71. The van der Waals surface area contributed by atoms with Gasteiger partial charge in [0, 0.05) is 18.1 Å². The number of hydrogen-bond donors (Lipinski definition) is 1. The van der Waals surface area contributed by atoms with Crippen molar-refractivity contribution >= 4 is 23.4 Å². The molecule has 0 bridgehead atoms. The lowest BCUT2D eigenvalue weighted by atomic mass is 10.1. The minimum absolute atomic E-state index is 0.0609. The number of anilines is 1. The number of nitrogens with zero attached hydrogens (tertiary/aromatic N) is 4. The van der Waals surface area contributed by atoms with Gasteiger partial charge in [-0.3, -0.25) is 13.9 Å².